The zero-order chi connectivity index (χ0) is 11.5. The van der Waals surface area contributed by atoms with Crippen molar-refractivity contribution in [3.8, 4) is 0 Å². The molecule has 84 valence electrons. The fraction of sp³-hybridized carbons (Fsp3) is 0.300. The summed E-state index contributed by atoms with van der Waals surface area (Å²) in [7, 11) is 1.89. The predicted molar refractivity (Wildman–Crippen MR) is 63.8 cm³/mol. The summed E-state index contributed by atoms with van der Waals surface area (Å²) >= 11 is 7.57. The second kappa shape index (κ2) is 4.84. The monoisotopic (exact) mass is 254 g/mol. The molecule has 0 bridgehead atoms. The molecule has 2 aromatic heterocycles. The van der Waals surface area contributed by atoms with Gasteiger partial charge in [-0.05, 0) is 6.42 Å². The van der Waals surface area contributed by atoms with Crippen LogP contribution in [-0.4, -0.2) is 19.7 Å². The number of halogens is 1. The van der Waals surface area contributed by atoms with Crippen LogP contribution in [0.4, 0.5) is 0 Å². The summed E-state index contributed by atoms with van der Waals surface area (Å²) in [5, 5.41) is 5.54. The van der Waals surface area contributed by atoms with Crippen LogP contribution in [0.5, 0.6) is 0 Å². The Morgan fingerprint density at radius 3 is 2.88 bits per heavy atom. The molecule has 0 aliphatic rings. The average Bonchev–Trinajstić information content (AvgIpc) is 2.64. The smallest absolute Gasteiger partial charge is 0.136 e. The van der Waals surface area contributed by atoms with E-state index in [1.165, 1.54) is 6.33 Å². The van der Waals surface area contributed by atoms with Gasteiger partial charge in [0.15, 0.2) is 0 Å². The molecule has 2 aromatic rings. The van der Waals surface area contributed by atoms with Crippen molar-refractivity contribution >= 4 is 23.4 Å². The molecule has 0 fully saturated rings. The third-order valence-electron chi connectivity index (χ3n) is 2.10. The molecular weight excluding hydrogens is 244 g/mol. The van der Waals surface area contributed by atoms with Crippen LogP contribution in [0.3, 0.4) is 0 Å². The highest BCUT2D eigenvalue weighted by molar-refractivity contribution is 7.99. The van der Waals surface area contributed by atoms with E-state index in [1.54, 1.807) is 22.6 Å². The first-order valence-corrected chi connectivity index (χ1v) is 6.06. The predicted octanol–water partition coefficient (Wildman–Crippen LogP) is 2.58. The molecule has 0 amide bonds. The van der Waals surface area contributed by atoms with Crippen LogP contribution in [0.15, 0.2) is 28.6 Å². The van der Waals surface area contributed by atoms with E-state index < -0.39 is 0 Å². The summed E-state index contributed by atoms with van der Waals surface area (Å²) in [6.45, 7) is 2.04. The normalized spacial score (nSPS) is 10.7. The Kier molecular flexibility index (Phi) is 3.46. The maximum atomic E-state index is 6.02. The fourth-order valence-electron chi connectivity index (χ4n) is 1.32. The molecular formula is C10H11ClN4S. The van der Waals surface area contributed by atoms with Gasteiger partial charge in [-0.25, -0.2) is 9.97 Å². The van der Waals surface area contributed by atoms with Crippen LogP contribution < -0.4 is 0 Å². The quantitative estimate of drug-likeness (QED) is 0.790. The SMILES string of the molecule is CCc1c(Cl)ncnc1Sc1cnn(C)c1. The number of nitrogens with zero attached hydrogens (tertiary/aromatic N) is 4. The second-order valence-corrected chi connectivity index (χ2v) is 4.67. The lowest BCUT2D eigenvalue weighted by molar-refractivity contribution is 0.766. The molecule has 0 aliphatic heterocycles. The van der Waals surface area contributed by atoms with Gasteiger partial charge in [0.2, 0.25) is 0 Å². The third kappa shape index (κ3) is 2.36. The highest BCUT2D eigenvalue weighted by Gasteiger charge is 2.10. The molecule has 2 heterocycles. The minimum atomic E-state index is 0.531. The molecule has 0 aliphatic carbocycles. The lowest BCUT2D eigenvalue weighted by Crippen LogP contribution is -1.93. The molecule has 0 unspecified atom stereocenters. The highest BCUT2D eigenvalue weighted by Crippen LogP contribution is 2.30. The number of aromatic nitrogens is 4. The van der Waals surface area contributed by atoms with E-state index in [0.717, 1.165) is 21.9 Å². The van der Waals surface area contributed by atoms with Gasteiger partial charge in [0.25, 0.3) is 0 Å². The van der Waals surface area contributed by atoms with Gasteiger partial charge >= 0.3 is 0 Å². The van der Waals surface area contributed by atoms with E-state index in [2.05, 4.69) is 15.1 Å². The van der Waals surface area contributed by atoms with Crippen LogP contribution in [0, 0.1) is 0 Å². The molecule has 4 nitrogen and oxygen atoms in total. The van der Waals surface area contributed by atoms with Gasteiger partial charge in [-0.15, -0.1) is 0 Å². The molecule has 0 radical (unpaired) electrons. The van der Waals surface area contributed by atoms with Crippen molar-refractivity contribution in [2.24, 2.45) is 7.05 Å². The zero-order valence-electron chi connectivity index (χ0n) is 9.01. The number of rotatable bonds is 3. The van der Waals surface area contributed by atoms with E-state index in [1.807, 2.05) is 20.2 Å². The van der Waals surface area contributed by atoms with Crippen molar-refractivity contribution in [2.45, 2.75) is 23.3 Å². The number of hydrogen-bond acceptors (Lipinski definition) is 4. The Bertz CT molecular complexity index is 497. The minimum absolute atomic E-state index is 0.531. The fourth-order valence-corrected chi connectivity index (χ4v) is 2.64. The van der Waals surface area contributed by atoms with Gasteiger partial charge in [-0.3, -0.25) is 4.68 Å². The van der Waals surface area contributed by atoms with Crippen molar-refractivity contribution in [1.29, 1.82) is 0 Å². The summed E-state index contributed by atoms with van der Waals surface area (Å²) in [5.74, 6) is 0. The number of hydrogen-bond donors (Lipinski definition) is 0. The zero-order valence-corrected chi connectivity index (χ0v) is 10.6. The van der Waals surface area contributed by atoms with Gasteiger partial charge in [0.1, 0.15) is 16.5 Å². The maximum absolute atomic E-state index is 6.02. The van der Waals surface area contributed by atoms with Gasteiger partial charge in [-0.1, -0.05) is 30.3 Å². The van der Waals surface area contributed by atoms with E-state index in [9.17, 15) is 0 Å². The molecule has 0 saturated heterocycles. The van der Waals surface area contributed by atoms with E-state index >= 15 is 0 Å². The molecule has 16 heavy (non-hydrogen) atoms. The minimum Gasteiger partial charge on any atom is -0.275 e. The van der Waals surface area contributed by atoms with Crippen LogP contribution in [-0.2, 0) is 13.5 Å². The van der Waals surface area contributed by atoms with Crippen molar-refractivity contribution in [3.63, 3.8) is 0 Å². The summed E-state index contributed by atoms with van der Waals surface area (Å²) in [6.07, 6.45) is 6.06. The average molecular weight is 255 g/mol. The third-order valence-corrected chi connectivity index (χ3v) is 3.42. The standard InChI is InChI=1S/C10H11ClN4S/c1-3-8-9(11)12-6-13-10(8)16-7-4-14-15(2)5-7/h4-6H,3H2,1-2H3. The topological polar surface area (TPSA) is 43.6 Å². The second-order valence-electron chi connectivity index (χ2n) is 3.25. The number of aryl methyl sites for hydroxylation is 1. The summed E-state index contributed by atoms with van der Waals surface area (Å²) in [4.78, 5) is 9.27. The first-order valence-electron chi connectivity index (χ1n) is 4.86. The van der Waals surface area contributed by atoms with Crippen molar-refractivity contribution in [1.82, 2.24) is 19.7 Å². The van der Waals surface area contributed by atoms with Crippen LogP contribution in [0.2, 0.25) is 5.15 Å². The summed E-state index contributed by atoms with van der Waals surface area (Å²) in [5.41, 5.74) is 0.984. The Morgan fingerprint density at radius 1 is 1.44 bits per heavy atom. The first-order chi connectivity index (χ1) is 7.70. The van der Waals surface area contributed by atoms with Gasteiger partial charge < -0.3 is 0 Å². The molecule has 0 aromatic carbocycles. The largest absolute Gasteiger partial charge is 0.275 e. The molecule has 0 N–H and O–H groups in total. The van der Waals surface area contributed by atoms with E-state index in [-0.39, 0.29) is 0 Å². The van der Waals surface area contributed by atoms with Crippen LogP contribution >= 0.6 is 23.4 Å². The molecule has 6 heteroatoms. The van der Waals surface area contributed by atoms with Gasteiger partial charge in [-0.2, -0.15) is 5.10 Å². The van der Waals surface area contributed by atoms with Crippen LogP contribution in [0.25, 0.3) is 0 Å². The Labute approximate surface area is 103 Å². The maximum Gasteiger partial charge on any atom is 0.136 e. The van der Waals surface area contributed by atoms with Crippen molar-refractivity contribution < 1.29 is 0 Å². The van der Waals surface area contributed by atoms with E-state index in [4.69, 9.17) is 11.6 Å². The Balaban J connectivity index is 2.30. The highest BCUT2D eigenvalue weighted by atomic mass is 35.5. The summed E-state index contributed by atoms with van der Waals surface area (Å²) in [6, 6.07) is 0. The Hall–Kier alpha value is -1.07. The lowest BCUT2D eigenvalue weighted by atomic mass is 10.3. The molecule has 0 saturated carbocycles. The first kappa shape index (κ1) is 11.4. The Morgan fingerprint density at radius 2 is 2.25 bits per heavy atom. The molecule has 0 spiro atoms. The van der Waals surface area contributed by atoms with Gasteiger partial charge in [0, 0.05) is 18.8 Å². The lowest BCUT2D eigenvalue weighted by Gasteiger charge is -2.05. The molecule has 2 rings (SSSR count). The summed E-state index contributed by atoms with van der Waals surface area (Å²) < 4.78 is 1.76. The van der Waals surface area contributed by atoms with Gasteiger partial charge in [0.05, 0.1) is 11.1 Å². The molecule has 0 atom stereocenters. The van der Waals surface area contributed by atoms with Crippen molar-refractivity contribution in [3.05, 3.63) is 29.4 Å². The van der Waals surface area contributed by atoms with Crippen molar-refractivity contribution in [2.75, 3.05) is 0 Å². The van der Waals surface area contributed by atoms with Crippen LogP contribution in [0.1, 0.15) is 12.5 Å². The van der Waals surface area contributed by atoms with E-state index in [0.29, 0.717) is 5.15 Å².